The summed E-state index contributed by atoms with van der Waals surface area (Å²) < 4.78 is 5.73. The molecule has 2 amide bonds. The average Bonchev–Trinajstić information content (AvgIpc) is 2.73. The van der Waals surface area contributed by atoms with Crippen molar-refractivity contribution in [1.82, 2.24) is 10.2 Å². The van der Waals surface area contributed by atoms with E-state index >= 15 is 0 Å². The number of β-amino-alcohol motifs (C(OH)–C–C–N with tert-alkyl or cyclic N) is 1. The van der Waals surface area contributed by atoms with Crippen molar-refractivity contribution in [1.29, 1.82) is 0 Å². The molecule has 0 spiro atoms. The predicted octanol–water partition coefficient (Wildman–Crippen LogP) is 2.31. The van der Waals surface area contributed by atoms with Gasteiger partial charge in [-0.1, -0.05) is 25.1 Å². The van der Waals surface area contributed by atoms with Gasteiger partial charge < -0.3 is 20.1 Å². The lowest BCUT2D eigenvalue weighted by molar-refractivity contribution is 0.0429. The number of carbonyl (C=O) groups excluding carboxylic acids is 1. The van der Waals surface area contributed by atoms with Gasteiger partial charge in [-0.3, -0.25) is 0 Å². The Bertz CT molecular complexity index is 534. The molecule has 1 aromatic carbocycles. The van der Waals surface area contributed by atoms with Crippen molar-refractivity contribution in [3.63, 3.8) is 0 Å². The molecule has 2 heterocycles. The summed E-state index contributed by atoms with van der Waals surface area (Å²) in [5, 5.41) is 13.1. The second-order valence-corrected chi connectivity index (χ2v) is 6.31. The maximum atomic E-state index is 12.5. The van der Waals surface area contributed by atoms with Crippen LogP contribution >= 0.6 is 0 Å². The average molecular weight is 304 g/mol. The molecule has 0 radical (unpaired) electrons. The maximum Gasteiger partial charge on any atom is 0.317 e. The van der Waals surface area contributed by atoms with Crippen LogP contribution < -0.4 is 10.1 Å². The quantitative estimate of drug-likeness (QED) is 0.837. The van der Waals surface area contributed by atoms with Gasteiger partial charge in [-0.25, -0.2) is 4.79 Å². The number of piperidine rings is 1. The number of benzene rings is 1. The van der Waals surface area contributed by atoms with Crippen LogP contribution in [0.5, 0.6) is 5.75 Å². The molecule has 2 N–H and O–H groups in total. The molecule has 5 heteroatoms. The van der Waals surface area contributed by atoms with Crippen molar-refractivity contribution >= 4 is 6.03 Å². The molecule has 3 rings (SSSR count). The number of nitrogens with one attached hydrogen (secondary N) is 1. The van der Waals surface area contributed by atoms with Gasteiger partial charge in [0.05, 0.1) is 18.8 Å². The smallest absolute Gasteiger partial charge is 0.317 e. The Morgan fingerprint density at radius 2 is 2.18 bits per heavy atom. The van der Waals surface area contributed by atoms with E-state index in [0.717, 1.165) is 30.6 Å². The SMILES string of the molecule is CC1CCN(C(=O)NC2CCCOc3ccccc32)CC1O. The maximum absolute atomic E-state index is 12.5. The number of ether oxygens (including phenoxy) is 1. The van der Waals surface area contributed by atoms with Crippen LogP contribution in [0.3, 0.4) is 0 Å². The number of likely N-dealkylation sites (tertiary alicyclic amines) is 1. The van der Waals surface area contributed by atoms with Crippen LogP contribution in [0.1, 0.15) is 37.8 Å². The fourth-order valence-corrected chi connectivity index (χ4v) is 3.15. The van der Waals surface area contributed by atoms with Crippen LogP contribution in [0.4, 0.5) is 4.79 Å². The summed E-state index contributed by atoms with van der Waals surface area (Å²) in [5.74, 6) is 1.12. The summed E-state index contributed by atoms with van der Waals surface area (Å²) in [6, 6.07) is 7.77. The molecule has 0 aromatic heterocycles. The number of hydrogen-bond acceptors (Lipinski definition) is 3. The molecule has 5 nitrogen and oxygen atoms in total. The van der Waals surface area contributed by atoms with Crippen molar-refractivity contribution in [3.05, 3.63) is 29.8 Å². The van der Waals surface area contributed by atoms with Crippen LogP contribution in [-0.2, 0) is 0 Å². The Balaban J connectivity index is 1.69. The number of amides is 2. The van der Waals surface area contributed by atoms with Crippen molar-refractivity contribution < 1.29 is 14.6 Å². The first-order valence-electron chi connectivity index (χ1n) is 8.10. The van der Waals surface area contributed by atoms with Gasteiger partial charge >= 0.3 is 6.03 Å². The number of carbonyl (C=O) groups is 1. The fourth-order valence-electron chi connectivity index (χ4n) is 3.15. The molecule has 0 aliphatic carbocycles. The third-order valence-corrected chi connectivity index (χ3v) is 4.69. The number of nitrogens with zero attached hydrogens (tertiary/aromatic N) is 1. The van der Waals surface area contributed by atoms with Gasteiger partial charge in [-0.2, -0.15) is 0 Å². The Kier molecular flexibility index (Phi) is 4.52. The van der Waals surface area contributed by atoms with E-state index in [-0.39, 0.29) is 18.0 Å². The van der Waals surface area contributed by atoms with Gasteiger partial charge in [0.2, 0.25) is 0 Å². The molecule has 1 fully saturated rings. The van der Waals surface area contributed by atoms with Gasteiger partial charge in [-0.05, 0) is 31.2 Å². The number of urea groups is 1. The summed E-state index contributed by atoms with van der Waals surface area (Å²) in [5.41, 5.74) is 1.04. The molecule has 22 heavy (non-hydrogen) atoms. The monoisotopic (exact) mass is 304 g/mol. The normalized spacial score (nSPS) is 28.3. The minimum atomic E-state index is -0.427. The van der Waals surface area contributed by atoms with E-state index in [0.29, 0.717) is 19.7 Å². The Morgan fingerprint density at radius 3 is 3.00 bits per heavy atom. The summed E-state index contributed by atoms with van der Waals surface area (Å²) in [6.07, 6.45) is 2.21. The van der Waals surface area contributed by atoms with Crippen molar-refractivity contribution in [2.45, 2.75) is 38.3 Å². The summed E-state index contributed by atoms with van der Waals surface area (Å²) in [7, 11) is 0. The first kappa shape index (κ1) is 15.2. The highest BCUT2D eigenvalue weighted by Crippen LogP contribution is 2.31. The van der Waals surface area contributed by atoms with Crippen LogP contribution in [-0.4, -0.2) is 41.8 Å². The summed E-state index contributed by atoms with van der Waals surface area (Å²) in [6.45, 7) is 3.83. The Morgan fingerprint density at radius 1 is 1.36 bits per heavy atom. The van der Waals surface area contributed by atoms with Crippen LogP contribution in [0.15, 0.2) is 24.3 Å². The molecule has 2 aliphatic rings. The van der Waals surface area contributed by atoms with Crippen LogP contribution in [0.2, 0.25) is 0 Å². The zero-order valence-electron chi connectivity index (χ0n) is 13.0. The topological polar surface area (TPSA) is 61.8 Å². The molecule has 3 atom stereocenters. The molecule has 1 aromatic rings. The molecule has 1 saturated heterocycles. The highest BCUT2D eigenvalue weighted by molar-refractivity contribution is 5.75. The second kappa shape index (κ2) is 6.57. The van der Waals surface area contributed by atoms with E-state index in [1.807, 2.05) is 31.2 Å². The summed E-state index contributed by atoms with van der Waals surface area (Å²) >= 11 is 0. The molecular formula is C17H24N2O3. The van der Waals surface area contributed by atoms with E-state index in [2.05, 4.69) is 5.32 Å². The van der Waals surface area contributed by atoms with Crippen LogP contribution in [0, 0.1) is 5.92 Å². The Hall–Kier alpha value is -1.75. The standard InChI is InChI=1S/C17H24N2O3/c1-12-8-9-19(11-15(12)20)17(21)18-14-6-4-10-22-16-7-3-2-5-13(14)16/h2-3,5,7,12,14-15,20H,4,6,8-11H2,1H3,(H,18,21). The van der Waals surface area contributed by atoms with Gasteiger partial charge in [0.1, 0.15) is 5.75 Å². The third kappa shape index (κ3) is 3.19. The van der Waals surface area contributed by atoms with Crippen molar-refractivity contribution in [2.24, 2.45) is 5.92 Å². The lowest BCUT2D eigenvalue weighted by Crippen LogP contribution is -2.50. The van der Waals surface area contributed by atoms with E-state index in [1.165, 1.54) is 0 Å². The van der Waals surface area contributed by atoms with Gasteiger partial charge in [0, 0.05) is 18.7 Å². The number of fused-ring (bicyclic) bond motifs is 1. The van der Waals surface area contributed by atoms with E-state index in [4.69, 9.17) is 4.74 Å². The van der Waals surface area contributed by atoms with Crippen LogP contribution in [0.25, 0.3) is 0 Å². The van der Waals surface area contributed by atoms with Crippen molar-refractivity contribution in [3.8, 4) is 5.75 Å². The van der Waals surface area contributed by atoms with Gasteiger partial charge in [-0.15, -0.1) is 0 Å². The number of hydrogen-bond donors (Lipinski definition) is 2. The van der Waals surface area contributed by atoms with E-state index < -0.39 is 6.10 Å². The predicted molar refractivity (Wildman–Crippen MR) is 83.8 cm³/mol. The molecule has 0 saturated carbocycles. The fraction of sp³-hybridized carbons (Fsp3) is 0.588. The third-order valence-electron chi connectivity index (χ3n) is 4.69. The summed E-state index contributed by atoms with van der Waals surface area (Å²) in [4.78, 5) is 14.2. The zero-order chi connectivity index (χ0) is 15.5. The zero-order valence-corrected chi connectivity index (χ0v) is 13.0. The van der Waals surface area contributed by atoms with Gasteiger partial charge in [0.25, 0.3) is 0 Å². The number of rotatable bonds is 1. The Labute approximate surface area is 131 Å². The number of aliphatic hydroxyl groups is 1. The van der Waals surface area contributed by atoms with E-state index in [1.54, 1.807) is 4.90 Å². The second-order valence-electron chi connectivity index (χ2n) is 6.31. The minimum Gasteiger partial charge on any atom is -0.493 e. The lowest BCUT2D eigenvalue weighted by atomic mass is 9.96. The molecule has 120 valence electrons. The van der Waals surface area contributed by atoms with Gasteiger partial charge in [0.15, 0.2) is 0 Å². The van der Waals surface area contributed by atoms with Crippen molar-refractivity contribution in [2.75, 3.05) is 19.7 Å². The molecule has 0 bridgehead atoms. The molecule has 3 unspecified atom stereocenters. The number of para-hydroxylation sites is 1. The highest BCUT2D eigenvalue weighted by Gasteiger charge is 2.29. The molecule has 2 aliphatic heterocycles. The van der Waals surface area contributed by atoms with E-state index in [9.17, 15) is 9.90 Å². The first-order valence-corrected chi connectivity index (χ1v) is 8.10. The highest BCUT2D eigenvalue weighted by atomic mass is 16.5. The lowest BCUT2D eigenvalue weighted by Gasteiger charge is -2.35. The number of aliphatic hydroxyl groups excluding tert-OH is 1. The largest absolute Gasteiger partial charge is 0.493 e. The first-order chi connectivity index (χ1) is 10.6. The molecular weight excluding hydrogens is 280 g/mol. The minimum absolute atomic E-state index is 0.0253.